The van der Waals surface area contributed by atoms with E-state index in [1.165, 1.54) is 0 Å². The van der Waals surface area contributed by atoms with Gasteiger partial charge in [-0.05, 0) is 19.9 Å². The summed E-state index contributed by atoms with van der Waals surface area (Å²) in [4.78, 5) is 0. The van der Waals surface area contributed by atoms with Gasteiger partial charge < -0.3 is 10.8 Å². The molecular weight excluding hydrogens is 198 g/mol. The van der Waals surface area contributed by atoms with Crippen LogP contribution in [0.3, 0.4) is 0 Å². The van der Waals surface area contributed by atoms with Gasteiger partial charge in [0.15, 0.2) is 0 Å². The molecule has 0 saturated heterocycles. The van der Waals surface area contributed by atoms with Gasteiger partial charge in [-0.15, -0.1) is 0 Å². The first-order valence-electron chi connectivity index (χ1n) is 4.58. The minimum absolute atomic E-state index is 0.0276. The van der Waals surface area contributed by atoms with E-state index < -0.39 is 0 Å². The van der Waals surface area contributed by atoms with E-state index in [4.69, 9.17) is 10.8 Å². The Hall–Kier alpha value is -0.520. The lowest BCUT2D eigenvalue weighted by atomic mass is 10.3. The number of nitrogens with two attached hydrogens (primary N) is 1. The maximum Gasteiger partial charge on any atom is 0.0943 e. The van der Waals surface area contributed by atoms with E-state index in [1.807, 2.05) is 31.6 Å². The summed E-state index contributed by atoms with van der Waals surface area (Å²) in [6, 6.07) is 1.97. The van der Waals surface area contributed by atoms with Crippen molar-refractivity contribution in [2.45, 2.75) is 30.2 Å². The van der Waals surface area contributed by atoms with Gasteiger partial charge in [0.05, 0.1) is 17.3 Å². The van der Waals surface area contributed by atoms with E-state index in [9.17, 15) is 0 Å². The third-order valence-electron chi connectivity index (χ3n) is 2.00. The monoisotopic (exact) mass is 215 g/mol. The Bertz CT molecular complexity index is 298. The lowest BCUT2D eigenvalue weighted by Gasteiger charge is -2.16. The van der Waals surface area contributed by atoms with Crippen molar-refractivity contribution in [3.8, 4) is 0 Å². The van der Waals surface area contributed by atoms with E-state index >= 15 is 0 Å². The molecule has 14 heavy (non-hydrogen) atoms. The molecule has 0 aromatic carbocycles. The Morgan fingerprint density at radius 3 is 2.71 bits per heavy atom. The molecule has 2 atom stereocenters. The predicted molar refractivity (Wildman–Crippen MR) is 58.3 cm³/mol. The van der Waals surface area contributed by atoms with Crippen LogP contribution in [0.1, 0.15) is 12.6 Å². The van der Waals surface area contributed by atoms with Crippen LogP contribution in [-0.4, -0.2) is 32.8 Å². The van der Waals surface area contributed by atoms with Crippen molar-refractivity contribution in [2.75, 3.05) is 6.61 Å². The van der Waals surface area contributed by atoms with Gasteiger partial charge in [0, 0.05) is 18.3 Å². The molecule has 0 aliphatic carbocycles. The fourth-order valence-electron chi connectivity index (χ4n) is 1.16. The molecule has 1 heterocycles. The van der Waals surface area contributed by atoms with E-state index in [-0.39, 0.29) is 17.9 Å². The van der Waals surface area contributed by atoms with Gasteiger partial charge in [-0.25, -0.2) is 0 Å². The number of hydrogen-bond donors (Lipinski definition) is 2. The van der Waals surface area contributed by atoms with Crippen LogP contribution < -0.4 is 5.73 Å². The molecule has 2 unspecified atom stereocenters. The van der Waals surface area contributed by atoms with Crippen LogP contribution in [0.4, 0.5) is 0 Å². The van der Waals surface area contributed by atoms with E-state index in [1.54, 1.807) is 11.8 Å². The average molecular weight is 215 g/mol. The lowest BCUT2D eigenvalue weighted by molar-refractivity contribution is 0.285. The number of aryl methyl sites for hydroxylation is 2. The number of rotatable bonds is 4. The average Bonchev–Trinajstić information content (AvgIpc) is 2.40. The van der Waals surface area contributed by atoms with Gasteiger partial charge in [-0.1, -0.05) is 11.8 Å². The van der Waals surface area contributed by atoms with Crippen LogP contribution in [0.2, 0.25) is 0 Å². The number of aromatic nitrogens is 2. The summed E-state index contributed by atoms with van der Waals surface area (Å²) in [6.07, 6.45) is 0. The summed E-state index contributed by atoms with van der Waals surface area (Å²) in [5.74, 6) is 0. The quantitative estimate of drug-likeness (QED) is 0.719. The molecule has 1 aromatic heterocycles. The van der Waals surface area contributed by atoms with Crippen molar-refractivity contribution in [2.24, 2.45) is 12.8 Å². The summed E-state index contributed by atoms with van der Waals surface area (Å²) >= 11 is 1.57. The molecule has 0 aliphatic heterocycles. The molecule has 1 aromatic rings. The molecule has 0 saturated carbocycles. The van der Waals surface area contributed by atoms with Gasteiger partial charge >= 0.3 is 0 Å². The van der Waals surface area contributed by atoms with Gasteiger partial charge in [0.1, 0.15) is 0 Å². The van der Waals surface area contributed by atoms with E-state index in [0.717, 1.165) is 10.7 Å². The second kappa shape index (κ2) is 4.82. The lowest BCUT2D eigenvalue weighted by Crippen LogP contribution is -2.31. The Kier molecular flexibility index (Phi) is 3.97. The standard InChI is InChI=1S/C9H17N3OS/c1-6-4-9(12(3)11-6)14-8(5-13)7(2)10/h4,7-8,13H,5,10H2,1-3H3. The Morgan fingerprint density at radius 1 is 1.71 bits per heavy atom. The minimum atomic E-state index is -0.0276. The first kappa shape index (κ1) is 11.6. The van der Waals surface area contributed by atoms with Crippen molar-refractivity contribution in [3.63, 3.8) is 0 Å². The van der Waals surface area contributed by atoms with Crippen molar-refractivity contribution in [1.82, 2.24) is 9.78 Å². The van der Waals surface area contributed by atoms with Crippen LogP contribution in [0.5, 0.6) is 0 Å². The van der Waals surface area contributed by atoms with Crippen molar-refractivity contribution in [3.05, 3.63) is 11.8 Å². The third kappa shape index (κ3) is 2.73. The van der Waals surface area contributed by atoms with Gasteiger partial charge in [0.25, 0.3) is 0 Å². The predicted octanol–water partition coefficient (Wildman–Crippen LogP) is 0.529. The fourth-order valence-corrected chi connectivity index (χ4v) is 2.19. The molecule has 0 fully saturated rings. The topological polar surface area (TPSA) is 64.1 Å². The zero-order valence-electron chi connectivity index (χ0n) is 8.77. The third-order valence-corrected chi connectivity index (χ3v) is 3.50. The first-order chi connectivity index (χ1) is 6.54. The molecule has 3 N–H and O–H groups in total. The molecule has 80 valence electrons. The van der Waals surface area contributed by atoms with Crippen LogP contribution in [0.25, 0.3) is 0 Å². The molecule has 0 aliphatic rings. The molecule has 0 radical (unpaired) electrons. The molecule has 0 amide bonds. The summed E-state index contributed by atoms with van der Waals surface area (Å²) in [5, 5.41) is 14.4. The van der Waals surface area contributed by atoms with Gasteiger partial charge in [-0.2, -0.15) is 5.10 Å². The molecular formula is C9H17N3OS. The summed E-state index contributed by atoms with van der Waals surface area (Å²) in [7, 11) is 1.89. The number of hydrogen-bond acceptors (Lipinski definition) is 4. The van der Waals surface area contributed by atoms with Crippen LogP contribution >= 0.6 is 11.8 Å². The first-order valence-corrected chi connectivity index (χ1v) is 5.46. The second-order valence-corrected chi connectivity index (χ2v) is 4.71. The maximum atomic E-state index is 9.12. The van der Waals surface area contributed by atoms with Crippen molar-refractivity contribution >= 4 is 11.8 Å². The van der Waals surface area contributed by atoms with Crippen molar-refractivity contribution in [1.29, 1.82) is 0 Å². The molecule has 5 heteroatoms. The zero-order chi connectivity index (χ0) is 10.7. The Labute approximate surface area is 88.5 Å². The highest BCUT2D eigenvalue weighted by molar-refractivity contribution is 8.00. The molecule has 1 rings (SSSR count). The molecule has 4 nitrogen and oxygen atoms in total. The second-order valence-electron chi connectivity index (χ2n) is 3.45. The number of aliphatic hydroxyl groups is 1. The van der Waals surface area contributed by atoms with E-state index in [0.29, 0.717) is 0 Å². The van der Waals surface area contributed by atoms with Crippen LogP contribution in [0, 0.1) is 6.92 Å². The summed E-state index contributed by atoms with van der Waals surface area (Å²) < 4.78 is 1.81. The van der Waals surface area contributed by atoms with Gasteiger partial charge in [0.2, 0.25) is 0 Å². The summed E-state index contributed by atoms with van der Waals surface area (Å²) in [5.41, 5.74) is 6.72. The summed E-state index contributed by atoms with van der Waals surface area (Å²) in [6.45, 7) is 3.94. The smallest absolute Gasteiger partial charge is 0.0943 e. The molecule has 0 spiro atoms. The Morgan fingerprint density at radius 2 is 2.36 bits per heavy atom. The number of aliphatic hydroxyl groups excluding tert-OH is 1. The highest BCUT2D eigenvalue weighted by Crippen LogP contribution is 2.24. The van der Waals surface area contributed by atoms with Crippen LogP contribution in [-0.2, 0) is 7.05 Å². The SMILES string of the molecule is Cc1cc(SC(CO)C(C)N)n(C)n1. The van der Waals surface area contributed by atoms with Gasteiger partial charge in [-0.3, -0.25) is 4.68 Å². The number of nitrogens with zero attached hydrogens (tertiary/aromatic N) is 2. The molecule has 0 bridgehead atoms. The van der Waals surface area contributed by atoms with E-state index in [2.05, 4.69) is 5.10 Å². The zero-order valence-corrected chi connectivity index (χ0v) is 9.58. The largest absolute Gasteiger partial charge is 0.395 e. The fraction of sp³-hybridized carbons (Fsp3) is 0.667. The number of thioether (sulfide) groups is 1. The van der Waals surface area contributed by atoms with Crippen molar-refractivity contribution < 1.29 is 5.11 Å². The highest BCUT2D eigenvalue weighted by Gasteiger charge is 2.16. The van der Waals surface area contributed by atoms with Crippen LogP contribution in [0.15, 0.2) is 11.1 Å². The Balaban J connectivity index is 2.71. The minimum Gasteiger partial charge on any atom is -0.395 e. The maximum absolute atomic E-state index is 9.12. The highest BCUT2D eigenvalue weighted by atomic mass is 32.2. The normalized spacial score (nSPS) is 15.5.